The third-order valence-corrected chi connectivity index (χ3v) is 6.55. The molecule has 0 bridgehead atoms. The number of benzene rings is 3. The van der Waals surface area contributed by atoms with E-state index in [4.69, 9.17) is 4.74 Å². The molecule has 3 aromatic carbocycles. The summed E-state index contributed by atoms with van der Waals surface area (Å²) in [6.07, 6.45) is -0.168. The van der Waals surface area contributed by atoms with Crippen LogP contribution in [0.1, 0.15) is 30.0 Å². The van der Waals surface area contributed by atoms with Crippen LogP contribution in [0.4, 0.5) is 11.4 Å². The molecule has 0 saturated carbocycles. The Morgan fingerprint density at radius 2 is 1.50 bits per heavy atom. The molecular weight excluding hydrogens is 424 g/mol. The minimum absolute atomic E-state index is 0.108. The smallest absolute Gasteiger partial charge is 0.265 e. The highest BCUT2D eigenvalue weighted by molar-refractivity contribution is 7.92. The zero-order chi connectivity index (χ0) is 23.3. The average molecular weight is 453 g/mol. The molecule has 7 heteroatoms. The van der Waals surface area contributed by atoms with Crippen LogP contribution in [0.3, 0.4) is 0 Å². The first-order valence-electron chi connectivity index (χ1n) is 10.4. The topological polar surface area (TPSA) is 84.5 Å². The van der Waals surface area contributed by atoms with Gasteiger partial charge < -0.3 is 10.1 Å². The summed E-state index contributed by atoms with van der Waals surface area (Å²) in [5, 5.41) is 2.79. The monoisotopic (exact) mass is 452 g/mol. The second-order valence-corrected chi connectivity index (χ2v) is 9.43. The molecule has 0 aliphatic rings. The molecule has 0 saturated heterocycles. The first kappa shape index (κ1) is 23.3. The normalized spacial score (nSPS) is 12.1. The largest absolute Gasteiger partial charge is 0.481 e. The van der Waals surface area contributed by atoms with Crippen LogP contribution < -0.4 is 14.8 Å². The third kappa shape index (κ3) is 5.88. The number of rotatable bonds is 8. The number of amides is 1. The third-order valence-electron chi connectivity index (χ3n) is 5.15. The molecule has 0 fully saturated rings. The van der Waals surface area contributed by atoms with E-state index < -0.39 is 16.1 Å². The van der Waals surface area contributed by atoms with E-state index >= 15 is 0 Å². The number of hydrogen-bond acceptors (Lipinski definition) is 4. The highest BCUT2D eigenvalue weighted by atomic mass is 32.2. The Balaban J connectivity index is 1.66. The van der Waals surface area contributed by atoms with Crippen LogP contribution in [-0.2, 0) is 14.8 Å². The van der Waals surface area contributed by atoms with Gasteiger partial charge in [-0.15, -0.1) is 0 Å². The lowest BCUT2D eigenvalue weighted by atomic mass is 10.1. The SMILES string of the molecule is CC[C@@H](Oc1ccc(C)cc1)C(=O)Nc1ccc(S(=O)(=O)Nc2ccc(C)c(C)c2)cc1. The van der Waals surface area contributed by atoms with Crippen molar-refractivity contribution in [3.63, 3.8) is 0 Å². The first-order chi connectivity index (χ1) is 15.2. The summed E-state index contributed by atoms with van der Waals surface area (Å²) >= 11 is 0. The van der Waals surface area contributed by atoms with Crippen molar-refractivity contribution in [1.29, 1.82) is 0 Å². The number of sulfonamides is 1. The second kappa shape index (κ2) is 9.87. The molecule has 1 atom stereocenters. The molecule has 168 valence electrons. The fourth-order valence-corrected chi connectivity index (χ4v) is 4.11. The van der Waals surface area contributed by atoms with E-state index in [0.717, 1.165) is 16.7 Å². The summed E-state index contributed by atoms with van der Waals surface area (Å²) < 4.78 is 33.8. The van der Waals surface area contributed by atoms with Gasteiger partial charge in [0.1, 0.15) is 5.75 Å². The molecule has 0 heterocycles. The summed E-state index contributed by atoms with van der Waals surface area (Å²) in [5.74, 6) is 0.327. The predicted octanol–water partition coefficient (Wildman–Crippen LogP) is 5.21. The van der Waals surface area contributed by atoms with Gasteiger partial charge in [0.15, 0.2) is 6.10 Å². The van der Waals surface area contributed by atoms with Crippen LogP contribution in [0.2, 0.25) is 0 Å². The van der Waals surface area contributed by atoms with Gasteiger partial charge >= 0.3 is 0 Å². The lowest BCUT2D eigenvalue weighted by Gasteiger charge is -2.17. The molecule has 32 heavy (non-hydrogen) atoms. The van der Waals surface area contributed by atoms with E-state index in [1.807, 2.05) is 58.0 Å². The Bertz CT molecular complexity index is 1190. The van der Waals surface area contributed by atoms with Crippen LogP contribution in [-0.4, -0.2) is 20.4 Å². The molecule has 0 radical (unpaired) electrons. The molecular formula is C25H28N2O4S. The number of carbonyl (C=O) groups excluding carboxylic acids is 1. The quantitative estimate of drug-likeness (QED) is 0.491. The van der Waals surface area contributed by atoms with Crippen molar-refractivity contribution in [2.45, 2.75) is 45.1 Å². The minimum Gasteiger partial charge on any atom is -0.481 e. The number of ether oxygens (including phenoxy) is 1. The molecule has 2 N–H and O–H groups in total. The maximum atomic E-state index is 12.7. The molecule has 1 amide bonds. The van der Waals surface area contributed by atoms with Crippen LogP contribution >= 0.6 is 0 Å². The van der Waals surface area contributed by atoms with Crippen molar-refractivity contribution in [2.75, 3.05) is 10.0 Å². The van der Waals surface area contributed by atoms with Crippen molar-refractivity contribution in [3.8, 4) is 5.75 Å². The highest BCUT2D eigenvalue weighted by Crippen LogP contribution is 2.21. The van der Waals surface area contributed by atoms with Crippen LogP contribution in [0.15, 0.2) is 71.6 Å². The Hall–Kier alpha value is -3.32. The standard InChI is InChI=1S/C25H28N2O4S/c1-5-24(31-22-12-6-17(2)7-13-22)25(28)26-20-10-14-23(15-11-20)32(29,30)27-21-9-8-18(3)19(4)16-21/h6-16,24,27H,5H2,1-4H3,(H,26,28)/t24-/m1/s1. The lowest BCUT2D eigenvalue weighted by Crippen LogP contribution is -2.32. The van der Waals surface area contributed by atoms with Gasteiger partial charge in [-0.2, -0.15) is 0 Å². The maximum Gasteiger partial charge on any atom is 0.265 e. The molecule has 0 spiro atoms. The lowest BCUT2D eigenvalue weighted by molar-refractivity contribution is -0.122. The first-order valence-corrected chi connectivity index (χ1v) is 11.9. The molecule has 0 unspecified atom stereocenters. The summed E-state index contributed by atoms with van der Waals surface area (Å²) in [5.41, 5.74) is 4.19. The van der Waals surface area contributed by atoms with Crippen molar-refractivity contribution in [3.05, 3.63) is 83.4 Å². The number of anilines is 2. The van der Waals surface area contributed by atoms with Crippen LogP contribution in [0, 0.1) is 20.8 Å². The van der Waals surface area contributed by atoms with E-state index in [9.17, 15) is 13.2 Å². The fourth-order valence-electron chi connectivity index (χ4n) is 3.06. The van der Waals surface area contributed by atoms with Gasteiger partial charge in [-0.1, -0.05) is 30.7 Å². The van der Waals surface area contributed by atoms with Gasteiger partial charge in [-0.05, 0) is 86.8 Å². The Morgan fingerprint density at radius 1 is 0.875 bits per heavy atom. The number of aryl methyl sites for hydroxylation is 3. The zero-order valence-electron chi connectivity index (χ0n) is 18.7. The van der Waals surface area contributed by atoms with Crippen molar-refractivity contribution < 1.29 is 17.9 Å². The van der Waals surface area contributed by atoms with E-state index in [-0.39, 0.29) is 10.8 Å². The van der Waals surface area contributed by atoms with Gasteiger partial charge in [0.25, 0.3) is 15.9 Å². The average Bonchev–Trinajstić information content (AvgIpc) is 2.76. The van der Waals surface area contributed by atoms with Gasteiger partial charge in [-0.3, -0.25) is 9.52 Å². The minimum atomic E-state index is -3.74. The van der Waals surface area contributed by atoms with E-state index in [1.165, 1.54) is 12.1 Å². The summed E-state index contributed by atoms with van der Waals surface area (Å²) in [4.78, 5) is 12.7. The van der Waals surface area contributed by atoms with Gasteiger partial charge in [0.05, 0.1) is 4.90 Å². The summed E-state index contributed by atoms with van der Waals surface area (Å²) in [6.45, 7) is 7.74. The van der Waals surface area contributed by atoms with Crippen LogP contribution in [0.5, 0.6) is 5.75 Å². The Kier molecular flexibility index (Phi) is 7.20. The number of hydrogen-bond donors (Lipinski definition) is 2. The molecule has 0 aliphatic heterocycles. The predicted molar refractivity (Wildman–Crippen MR) is 128 cm³/mol. The van der Waals surface area contributed by atoms with E-state index in [0.29, 0.717) is 23.5 Å². The molecule has 0 aliphatic carbocycles. The van der Waals surface area contributed by atoms with E-state index in [1.54, 1.807) is 24.3 Å². The Morgan fingerprint density at radius 3 is 2.09 bits per heavy atom. The number of nitrogens with one attached hydrogen (secondary N) is 2. The summed E-state index contributed by atoms with van der Waals surface area (Å²) in [6, 6.07) is 18.9. The maximum absolute atomic E-state index is 12.7. The zero-order valence-corrected chi connectivity index (χ0v) is 19.5. The molecule has 0 aromatic heterocycles. The summed E-state index contributed by atoms with van der Waals surface area (Å²) in [7, 11) is -3.74. The van der Waals surface area contributed by atoms with E-state index in [2.05, 4.69) is 10.0 Å². The second-order valence-electron chi connectivity index (χ2n) is 7.75. The highest BCUT2D eigenvalue weighted by Gasteiger charge is 2.19. The van der Waals surface area contributed by atoms with Crippen molar-refractivity contribution >= 4 is 27.3 Å². The molecule has 6 nitrogen and oxygen atoms in total. The Labute approximate surface area is 189 Å². The van der Waals surface area contributed by atoms with Crippen molar-refractivity contribution in [1.82, 2.24) is 0 Å². The van der Waals surface area contributed by atoms with Crippen molar-refractivity contribution in [2.24, 2.45) is 0 Å². The molecule has 3 rings (SSSR count). The van der Waals surface area contributed by atoms with Gasteiger partial charge in [-0.25, -0.2) is 8.42 Å². The van der Waals surface area contributed by atoms with Gasteiger partial charge in [0, 0.05) is 11.4 Å². The molecule has 3 aromatic rings. The van der Waals surface area contributed by atoms with Gasteiger partial charge in [0.2, 0.25) is 0 Å². The van der Waals surface area contributed by atoms with Crippen LogP contribution in [0.25, 0.3) is 0 Å². The number of carbonyl (C=O) groups is 1. The fraction of sp³-hybridized carbons (Fsp3) is 0.240.